The molecule has 0 N–H and O–H groups in total. The molecule has 0 spiro atoms. The van der Waals surface area contributed by atoms with Crippen molar-refractivity contribution in [2.45, 2.75) is 19.8 Å². The van der Waals surface area contributed by atoms with Crippen molar-refractivity contribution in [2.24, 2.45) is 0 Å². The molecule has 0 saturated heterocycles. The minimum atomic E-state index is -0.951. The van der Waals surface area contributed by atoms with Crippen LogP contribution in [0.1, 0.15) is 19.8 Å². The second kappa shape index (κ2) is 5.29. The van der Waals surface area contributed by atoms with Crippen LogP contribution in [-0.4, -0.2) is 17.5 Å². The minimum Gasteiger partial charge on any atom is -0.458 e. The van der Waals surface area contributed by atoms with Crippen LogP contribution >= 0.6 is 0 Å². The van der Waals surface area contributed by atoms with Crippen molar-refractivity contribution < 1.29 is 14.5 Å². The van der Waals surface area contributed by atoms with Gasteiger partial charge in [0, 0.05) is 0 Å². The van der Waals surface area contributed by atoms with E-state index in [0.29, 0.717) is 6.42 Å². The highest BCUT2D eigenvalue weighted by molar-refractivity contribution is 5.84. The van der Waals surface area contributed by atoms with Crippen molar-refractivity contribution in [3.8, 4) is 0 Å². The summed E-state index contributed by atoms with van der Waals surface area (Å²) in [6.07, 6.45) is 1.58. The fourth-order valence-electron chi connectivity index (χ4n) is 0.467. The molecule has 0 amide bonds. The van der Waals surface area contributed by atoms with Crippen LogP contribution < -0.4 is 0 Å². The second-order valence-electron chi connectivity index (χ2n) is 2.19. The summed E-state index contributed by atoms with van der Waals surface area (Å²) in [4.78, 5) is 19.8. The van der Waals surface area contributed by atoms with E-state index >= 15 is 0 Å². The predicted molar refractivity (Wildman–Crippen MR) is 42.0 cm³/mol. The molecular weight excluding hydrogens is 162 g/mol. The number of hydrogen-bond donors (Lipinski definition) is 0. The van der Waals surface area contributed by atoms with Gasteiger partial charge in [-0.25, -0.2) is 4.79 Å². The van der Waals surface area contributed by atoms with Crippen molar-refractivity contribution in [1.29, 1.82) is 0 Å². The van der Waals surface area contributed by atoms with E-state index in [9.17, 15) is 14.9 Å². The molecule has 0 unspecified atom stereocenters. The molecule has 0 rings (SSSR count). The third-order valence-corrected chi connectivity index (χ3v) is 1.19. The summed E-state index contributed by atoms with van der Waals surface area (Å²) in [6.45, 7) is 5.10. The lowest BCUT2D eigenvalue weighted by molar-refractivity contribution is -0.420. The SMILES string of the molecule is C=C(C(=O)OCCCC)[N+](=O)[O-]. The number of nitrogens with zero attached hydrogens (tertiary/aromatic N) is 1. The molecule has 0 aliphatic rings. The van der Waals surface area contributed by atoms with Gasteiger partial charge < -0.3 is 4.74 Å². The molecule has 0 saturated carbocycles. The third-order valence-electron chi connectivity index (χ3n) is 1.19. The average Bonchev–Trinajstić information content (AvgIpc) is 2.03. The Bertz CT molecular complexity index is 200. The number of carbonyl (C=O) groups is 1. The molecule has 0 aromatic carbocycles. The van der Waals surface area contributed by atoms with Crippen LogP contribution in [-0.2, 0) is 9.53 Å². The van der Waals surface area contributed by atoms with Crippen molar-refractivity contribution in [3.05, 3.63) is 22.4 Å². The van der Waals surface area contributed by atoms with Crippen LogP contribution in [0.5, 0.6) is 0 Å². The molecule has 0 radical (unpaired) electrons. The van der Waals surface area contributed by atoms with Gasteiger partial charge in [-0.15, -0.1) is 0 Å². The Labute approximate surface area is 70.2 Å². The van der Waals surface area contributed by atoms with Crippen LogP contribution in [0.4, 0.5) is 0 Å². The standard InChI is InChI=1S/C7H11NO4/c1-3-4-5-12-7(9)6(2)8(10)11/h2-5H2,1H3. The summed E-state index contributed by atoms with van der Waals surface area (Å²) in [6, 6.07) is 0. The highest BCUT2D eigenvalue weighted by Crippen LogP contribution is 1.97. The van der Waals surface area contributed by atoms with E-state index in [1.165, 1.54) is 0 Å². The highest BCUT2D eigenvalue weighted by atomic mass is 16.6. The normalized spacial score (nSPS) is 9.08. The van der Waals surface area contributed by atoms with Gasteiger partial charge in [0.1, 0.15) is 0 Å². The van der Waals surface area contributed by atoms with Crippen LogP contribution in [0.15, 0.2) is 12.3 Å². The Kier molecular flexibility index (Phi) is 4.67. The zero-order chi connectivity index (χ0) is 9.56. The summed E-state index contributed by atoms with van der Waals surface area (Å²) in [7, 11) is 0. The van der Waals surface area contributed by atoms with E-state index in [0.717, 1.165) is 6.42 Å². The molecule has 0 bridgehead atoms. The molecular formula is C7H11NO4. The van der Waals surface area contributed by atoms with E-state index in [-0.39, 0.29) is 6.61 Å². The smallest absolute Gasteiger partial charge is 0.409 e. The van der Waals surface area contributed by atoms with Crippen molar-refractivity contribution in [1.82, 2.24) is 0 Å². The Balaban J connectivity index is 3.73. The zero-order valence-electron chi connectivity index (χ0n) is 6.91. The van der Waals surface area contributed by atoms with Gasteiger partial charge in [0.15, 0.2) is 0 Å². The zero-order valence-corrected chi connectivity index (χ0v) is 6.91. The van der Waals surface area contributed by atoms with E-state index in [2.05, 4.69) is 11.3 Å². The number of unbranched alkanes of at least 4 members (excludes halogenated alkanes) is 1. The quantitative estimate of drug-likeness (QED) is 0.205. The largest absolute Gasteiger partial charge is 0.458 e. The van der Waals surface area contributed by atoms with Crippen molar-refractivity contribution in [3.63, 3.8) is 0 Å². The van der Waals surface area contributed by atoms with E-state index in [1.54, 1.807) is 0 Å². The number of esters is 1. The first-order valence-electron chi connectivity index (χ1n) is 3.60. The maximum atomic E-state index is 10.7. The summed E-state index contributed by atoms with van der Waals surface area (Å²) >= 11 is 0. The maximum absolute atomic E-state index is 10.7. The Morgan fingerprint density at radius 1 is 1.67 bits per heavy atom. The Morgan fingerprint density at radius 3 is 2.67 bits per heavy atom. The lowest BCUT2D eigenvalue weighted by Gasteiger charge is -1.99. The van der Waals surface area contributed by atoms with E-state index in [4.69, 9.17) is 0 Å². The van der Waals surface area contributed by atoms with Crippen LogP contribution in [0, 0.1) is 10.1 Å². The fourth-order valence-corrected chi connectivity index (χ4v) is 0.467. The van der Waals surface area contributed by atoms with Gasteiger partial charge >= 0.3 is 11.7 Å². The van der Waals surface area contributed by atoms with Gasteiger partial charge in [0.05, 0.1) is 11.5 Å². The summed E-state index contributed by atoms with van der Waals surface area (Å²) in [5.74, 6) is -0.951. The maximum Gasteiger partial charge on any atom is 0.409 e. The number of nitro groups is 1. The predicted octanol–water partition coefficient (Wildman–Crippen LogP) is 1.12. The highest BCUT2D eigenvalue weighted by Gasteiger charge is 2.19. The Morgan fingerprint density at radius 2 is 2.25 bits per heavy atom. The number of hydrogen-bond acceptors (Lipinski definition) is 4. The number of carbonyl (C=O) groups excluding carboxylic acids is 1. The van der Waals surface area contributed by atoms with Crippen LogP contribution in [0.3, 0.4) is 0 Å². The third kappa shape index (κ3) is 3.70. The average molecular weight is 173 g/mol. The van der Waals surface area contributed by atoms with E-state index in [1.807, 2.05) is 6.92 Å². The molecule has 0 aromatic heterocycles. The van der Waals surface area contributed by atoms with Gasteiger partial charge in [0.25, 0.3) is 0 Å². The monoisotopic (exact) mass is 173 g/mol. The van der Waals surface area contributed by atoms with Crippen LogP contribution in [0.25, 0.3) is 0 Å². The number of ether oxygens (including phenoxy) is 1. The topological polar surface area (TPSA) is 69.4 Å². The van der Waals surface area contributed by atoms with Crippen molar-refractivity contribution >= 4 is 5.97 Å². The molecule has 0 aliphatic carbocycles. The second-order valence-corrected chi connectivity index (χ2v) is 2.19. The van der Waals surface area contributed by atoms with Crippen LogP contribution in [0.2, 0.25) is 0 Å². The molecule has 0 fully saturated rings. The van der Waals surface area contributed by atoms with Gasteiger partial charge in [-0.2, -0.15) is 0 Å². The Hall–Kier alpha value is -1.39. The van der Waals surface area contributed by atoms with Gasteiger partial charge in [-0.3, -0.25) is 10.1 Å². The summed E-state index contributed by atoms with van der Waals surface area (Å²) in [5.41, 5.74) is -0.717. The molecule has 0 aliphatic heterocycles. The van der Waals surface area contributed by atoms with Crippen molar-refractivity contribution in [2.75, 3.05) is 6.61 Å². The molecule has 5 heteroatoms. The first kappa shape index (κ1) is 10.6. The molecule has 0 heterocycles. The van der Waals surface area contributed by atoms with Gasteiger partial charge in [0.2, 0.25) is 0 Å². The molecule has 12 heavy (non-hydrogen) atoms. The fraction of sp³-hybridized carbons (Fsp3) is 0.571. The summed E-state index contributed by atoms with van der Waals surface area (Å²) < 4.78 is 4.53. The first-order chi connectivity index (χ1) is 5.59. The lowest BCUT2D eigenvalue weighted by atomic mass is 10.4. The lowest BCUT2D eigenvalue weighted by Crippen LogP contribution is -2.14. The molecule has 68 valence electrons. The van der Waals surface area contributed by atoms with Gasteiger partial charge in [-0.05, 0) is 13.0 Å². The molecule has 5 nitrogen and oxygen atoms in total. The molecule has 0 aromatic rings. The van der Waals surface area contributed by atoms with E-state index < -0.39 is 16.6 Å². The first-order valence-corrected chi connectivity index (χ1v) is 3.60. The minimum absolute atomic E-state index is 0.211. The van der Waals surface area contributed by atoms with Gasteiger partial charge in [-0.1, -0.05) is 13.3 Å². The number of rotatable bonds is 5. The molecule has 0 atom stereocenters. The summed E-state index contributed by atoms with van der Waals surface area (Å²) in [5, 5.41) is 9.98.